The van der Waals surface area contributed by atoms with Crippen LogP contribution in [0.1, 0.15) is 6.92 Å². The van der Waals surface area contributed by atoms with Crippen LogP contribution in [0.3, 0.4) is 0 Å². The Balaban J connectivity index is 4.46. The van der Waals surface area contributed by atoms with E-state index >= 15 is 0 Å². The summed E-state index contributed by atoms with van der Waals surface area (Å²) in [5, 5.41) is 0. The van der Waals surface area contributed by atoms with E-state index in [-0.39, 0.29) is 6.08 Å². The van der Waals surface area contributed by atoms with Crippen LogP contribution in [0.25, 0.3) is 0 Å². The Hall–Kier alpha value is -0.870. The zero-order chi connectivity index (χ0) is 9.72. The van der Waals surface area contributed by atoms with Crippen LogP contribution in [0, 0.1) is 0 Å². The molecule has 0 aliphatic carbocycles. The highest BCUT2D eigenvalue weighted by Gasteiger charge is 2.13. The lowest BCUT2D eigenvalue weighted by Crippen LogP contribution is -2.02. The number of halogens is 5. The Morgan fingerprint density at radius 2 is 1.83 bits per heavy atom. The van der Waals surface area contributed by atoms with Crippen molar-refractivity contribution in [1.29, 1.82) is 0 Å². The van der Waals surface area contributed by atoms with Crippen LogP contribution >= 0.6 is 0 Å². The first-order chi connectivity index (χ1) is 5.49. The summed E-state index contributed by atoms with van der Waals surface area (Å²) in [5.74, 6) is -4.48. The van der Waals surface area contributed by atoms with Crippen LogP contribution in [-0.2, 0) is 0 Å². The highest BCUT2D eigenvalue weighted by molar-refractivity contribution is 5.18. The molecule has 0 aliphatic rings. The van der Waals surface area contributed by atoms with Gasteiger partial charge in [0, 0.05) is 6.08 Å². The Labute approximate surface area is 66.4 Å². The molecular weight excluding hydrogens is 179 g/mol. The first-order valence-electron chi connectivity index (χ1n) is 3.08. The molecule has 0 saturated heterocycles. The van der Waals surface area contributed by atoms with Crippen molar-refractivity contribution in [1.82, 2.24) is 0 Å². The van der Waals surface area contributed by atoms with E-state index < -0.39 is 30.3 Å². The Morgan fingerprint density at radius 3 is 2.17 bits per heavy atom. The van der Waals surface area contributed by atoms with Gasteiger partial charge in [0.1, 0.15) is 18.3 Å². The van der Waals surface area contributed by atoms with Crippen LogP contribution in [0.2, 0.25) is 0 Å². The minimum atomic E-state index is -2.52. The van der Waals surface area contributed by atoms with Gasteiger partial charge in [-0.1, -0.05) is 0 Å². The zero-order valence-corrected chi connectivity index (χ0v) is 6.25. The monoisotopic (exact) mass is 186 g/mol. The van der Waals surface area contributed by atoms with Crippen LogP contribution in [-0.4, -0.2) is 12.8 Å². The van der Waals surface area contributed by atoms with E-state index in [0.29, 0.717) is 0 Å². The van der Waals surface area contributed by atoms with E-state index in [2.05, 4.69) is 0 Å². The van der Waals surface area contributed by atoms with Gasteiger partial charge in [-0.2, -0.15) is 0 Å². The molecule has 70 valence electrons. The molecule has 0 bridgehead atoms. The van der Waals surface area contributed by atoms with Crippen molar-refractivity contribution in [3.8, 4) is 0 Å². The summed E-state index contributed by atoms with van der Waals surface area (Å²) in [4.78, 5) is 0. The normalized spacial score (nSPS) is 17.3. The maximum absolute atomic E-state index is 12.2. The van der Waals surface area contributed by atoms with Crippen molar-refractivity contribution >= 4 is 0 Å². The SMILES string of the molecule is C/C(F)=C(F)\C=C(\F)C(F)CF. The van der Waals surface area contributed by atoms with Crippen molar-refractivity contribution < 1.29 is 22.0 Å². The van der Waals surface area contributed by atoms with Gasteiger partial charge in [-0.3, -0.25) is 0 Å². The molecule has 0 spiro atoms. The van der Waals surface area contributed by atoms with Crippen LogP contribution < -0.4 is 0 Å². The Morgan fingerprint density at radius 1 is 1.33 bits per heavy atom. The lowest BCUT2D eigenvalue weighted by molar-refractivity contribution is 0.261. The third-order valence-corrected chi connectivity index (χ3v) is 1.03. The zero-order valence-electron chi connectivity index (χ0n) is 6.25. The minimum absolute atomic E-state index is 0.0143. The number of hydrogen-bond donors (Lipinski definition) is 0. The number of rotatable bonds is 3. The fraction of sp³-hybridized carbons (Fsp3) is 0.429. The van der Waals surface area contributed by atoms with Gasteiger partial charge in [0.15, 0.2) is 12.0 Å². The molecule has 0 rings (SSSR count). The molecule has 5 heteroatoms. The quantitative estimate of drug-likeness (QED) is 0.468. The van der Waals surface area contributed by atoms with Gasteiger partial charge in [0.25, 0.3) is 0 Å². The lowest BCUT2D eigenvalue weighted by Gasteiger charge is -1.98. The topological polar surface area (TPSA) is 0 Å². The Kier molecular flexibility index (Phi) is 4.54. The Bertz CT molecular complexity index is 202. The molecule has 0 nitrogen and oxygen atoms in total. The van der Waals surface area contributed by atoms with Crippen molar-refractivity contribution in [3.05, 3.63) is 23.6 Å². The van der Waals surface area contributed by atoms with Gasteiger partial charge in [0.2, 0.25) is 0 Å². The first-order valence-corrected chi connectivity index (χ1v) is 3.08. The molecule has 0 aromatic heterocycles. The fourth-order valence-electron chi connectivity index (χ4n) is 0.385. The molecule has 0 aromatic rings. The maximum Gasteiger partial charge on any atom is 0.180 e. The summed E-state index contributed by atoms with van der Waals surface area (Å²) in [6, 6.07) is 0. The van der Waals surface area contributed by atoms with Crippen molar-refractivity contribution in [2.75, 3.05) is 6.67 Å². The van der Waals surface area contributed by atoms with Crippen LogP contribution in [0.5, 0.6) is 0 Å². The second kappa shape index (κ2) is 4.90. The molecule has 1 atom stereocenters. The summed E-state index contributed by atoms with van der Waals surface area (Å²) in [7, 11) is 0. The molecule has 0 fully saturated rings. The summed E-state index contributed by atoms with van der Waals surface area (Å²) in [6.45, 7) is -0.858. The van der Waals surface area contributed by atoms with E-state index in [0.717, 1.165) is 6.92 Å². The standard InChI is InChI=1S/C7H7F5/c1-4(9)5(10)2-6(11)7(12)3-8/h2,7H,3H2,1H3/b5-4-,6-2+. The second-order valence-corrected chi connectivity index (χ2v) is 2.03. The van der Waals surface area contributed by atoms with Gasteiger partial charge in [-0.05, 0) is 6.92 Å². The van der Waals surface area contributed by atoms with Gasteiger partial charge in [-0.15, -0.1) is 0 Å². The molecule has 0 saturated carbocycles. The minimum Gasteiger partial charge on any atom is -0.247 e. The number of alkyl halides is 2. The predicted molar refractivity (Wildman–Crippen MR) is 35.0 cm³/mol. The molecule has 0 heterocycles. The van der Waals surface area contributed by atoms with E-state index in [4.69, 9.17) is 0 Å². The van der Waals surface area contributed by atoms with Gasteiger partial charge < -0.3 is 0 Å². The average Bonchev–Trinajstić information content (AvgIpc) is 2.02. The lowest BCUT2D eigenvalue weighted by atomic mass is 10.3. The van der Waals surface area contributed by atoms with E-state index in [1.165, 1.54) is 0 Å². The van der Waals surface area contributed by atoms with Crippen molar-refractivity contribution in [3.63, 3.8) is 0 Å². The van der Waals surface area contributed by atoms with Gasteiger partial charge in [-0.25, -0.2) is 22.0 Å². The molecule has 0 amide bonds. The average molecular weight is 186 g/mol. The molecule has 0 N–H and O–H groups in total. The van der Waals surface area contributed by atoms with Gasteiger partial charge >= 0.3 is 0 Å². The third kappa shape index (κ3) is 3.50. The summed E-state index contributed by atoms with van der Waals surface area (Å²) >= 11 is 0. The summed E-state index contributed by atoms with van der Waals surface area (Å²) in [5.41, 5.74) is 0. The first kappa shape index (κ1) is 11.1. The third-order valence-electron chi connectivity index (χ3n) is 1.03. The second-order valence-electron chi connectivity index (χ2n) is 2.03. The summed E-state index contributed by atoms with van der Waals surface area (Å²) in [6.07, 6.45) is -2.53. The molecule has 1 unspecified atom stereocenters. The van der Waals surface area contributed by atoms with Crippen molar-refractivity contribution in [2.24, 2.45) is 0 Å². The molecule has 0 aliphatic heterocycles. The fourth-order valence-corrected chi connectivity index (χ4v) is 0.385. The van der Waals surface area contributed by atoms with E-state index in [9.17, 15) is 22.0 Å². The van der Waals surface area contributed by atoms with E-state index in [1.54, 1.807) is 0 Å². The summed E-state index contributed by atoms with van der Waals surface area (Å²) < 4.78 is 59.7. The molecule has 0 radical (unpaired) electrons. The maximum atomic E-state index is 12.2. The van der Waals surface area contributed by atoms with Gasteiger partial charge in [0.05, 0.1) is 0 Å². The molecule has 12 heavy (non-hydrogen) atoms. The molecule has 0 aromatic carbocycles. The molecular formula is C7H7F5. The van der Waals surface area contributed by atoms with Crippen molar-refractivity contribution in [2.45, 2.75) is 13.1 Å². The van der Waals surface area contributed by atoms with E-state index in [1.807, 2.05) is 0 Å². The largest absolute Gasteiger partial charge is 0.247 e. The van der Waals surface area contributed by atoms with Crippen LogP contribution in [0.15, 0.2) is 23.6 Å². The highest BCUT2D eigenvalue weighted by Crippen LogP contribution is 2.16. The smallest absolute Gasteiger partial charge is 0.180 e. The predicted octanol–water partition coefficient (Wildman–Crippen LogP) is 3.32. The van der Waals surface area contributed by atoms with Crippen LogP contribution in [0.4, 0.5) is 22.0 Å². The highest BCUT2D eigenvalue weighted by atomic mass is 19.2. The number of hydrogen-bond acceptors (Lipinski definition) is 0. The number of allylic oxidation sites excluding steroid dienone is 4.